The smallest absolute Gasteiger partial charge is 0.306 e. The van der Waals surface area contributed by atoms with Gasteiger partial charge in [0.15, 0.2) is 0 Å². The van der Waals surface area contributed by atoms with E-state index in [1.807, 2.05) is 30.7 Å². The van der Waals surface area contributed by atoms with E-state index in [-0.39, 0.29) is 12.0 Å². The van der Waals surface area contributed by atoms with E-state index in [1.165, 1.54) is 0 Å². The van der Waals surface area contributed by atoms with Crippen molar-refractivity contribution in [2.45, 2.75) is 32.3 Å². The van der Waals surface area contributed by atoms with E-state index in [0.717, 1.165) is 27.7 Å². The molecule has 154 valence electrons. The Morgan fingerprint density at radius 1 is 1.30 bits per heavy atom. The lowest BCUT2D eigenvalue weighted by molar-refractivity contribution is -0.147. The summed E-state index contributed by atoms with van der Waals surface area (Å²) in [4.78, 5) is 11.0. The first kappa shape index (κ1) is 20.6. The number of benzene rings is 2. The average molecular weight is 443 g/mol. The molecule has 0 unspecified atom stereocenters. The van der Waals surface area contributed by atoms with Crippen LogP contribution < -0.4 is 4.74 Å². The second kappa shape index (κ2) is 7.86. The first-order valence-electron chi connectivity index (χ1n) is 9.64. The van der Waals surface area contributed by atoms with Crippen molar-refractivity contribution in [3.05, 3.63) is 62.8 Å². The number of carbonyl (C=O) groups is 1. The van der Waals surface area contributed by atoms with Gasteiger partial charge in [-0.3, -0.25) is 4.79 Å². The Kier molecular flexibility index (Phi) is 5.40. The fourth-order valence-corrected chi connectivity index (χ4v) is 4.50. The summed E-state index contributed by atoms with van der Waals surface area (Å²) in [6.07, 6.45) is 1.31. The number of halogens is 2. The molecule has 0 atom stereocenters. The number of hydrogen-bond acceptors (Lipinski definition) is 3. The second-order valence-electron chi connectivity index (χ2n) is 7.79. The van der Waals surface area contributed by atoms with Crippen LogP contribution >= 0.6 is 23.2 Å². The van der Waals surface area contributed by atoms with Crippen LogP contribution in [0, 0.1) is 24.2 Å². The number of rotatable bonds is 5. The van der Waals surface area contributed by atoms with Crippen molar-refractivity contribution in [2.24, 2.45) is 13.0 Å². The lowest BCUT2D eigenvalue weighted by Gasteiger charge is -2.33. The third kappa shape index (κ3) is 3.62. The third-order valence-electron chi connectivity index (χ3n) is 5.84. The van der Waals surface area contributed by atoms with E-state index in [1.54, 1.807) is 12.1 Å². The number of nitriles is 1. The van der Waals surface area contributed by atoms with E-state index in [0.29, 0.717) is 40.6 Å². The summed E-state index contributed by atoms with van der Waals surface area (Å²) >= 11 is 13.1. The maximum Gasteiger partial charge on any atom is 0.306 e. The van der Waals surface area contributed by atoms with Crippen LogP contribution in [-0.2, 0) is 18.3 Å². The van der Waals surface area contributed by atoms with Crippen LogP contribution in [0.5, 0.6) is 5.75 Å². The maximum atomic E-state index is 11.0. The van der Waals surface area contributed by atoms with Crippen LogP contribution in [0.2, 0.25) is 10.0 Å². The van der Waals surface area contributed by atoms with Crippen molar-refractivity contribution >= 4 is 40.1 Å². The van der Waals surface area contributed by atoms with Crippen molar-refractivity contribution in [2.75, 3.05) is 0 Å². The van der Waals surface area contributed by atoms with Gasteiger partial charge in [-0.2, -0.15) is 5.26 Å². The molecule has 1 aliphatic carbocycles. The summed E-state index contributed by atoms with van der Waals surface area (Å²) in [6, 6.07) is 11.5. The average Bonchev–Trinajstić information content (AvgIpc) is 2.99. The van der Waals surface area contributed by atoms with Crippen LogP contribution in [0.15, 0.2) is 30.3 Å². The van der Waals surface area contributed by atoms with Gasteiger partial charge in [-0.1, -0.05) is 23.2 Å². The molecule has 1 saturated carbocycles. The SMILES string of the molecule is Cc1cc(C#N)cc2c1cc(Cc1c(Cl)ccc(O[C@H]3C[C@@H](C(=O)O)C3)c1Cl)n2C. The van der Waals surface area contributed by atoms with Gasteiger partial charge in [0.1, 0.15) is 11.9 Å². The van der Waals surface area contributed by atoms with Gasteiger partial charge in [0.05, 0.1) is 22.6 Å². The monoisotopic (exact) mass is 442 g/mol. The molecule has 0 amide bonds. The molecule has 0 spiro atoms. The zero-order valence-electron chi connectivity index (χ0n) is 16.6. The van der Waals surface area contributed by atoms with Crippen LogP contribution in [0.25, 0.3) is 10.9 Å². The standard InChI is InChI=1S/C23H20Cl2N2O3/c1-12-5-13(11-26)6-20-17(12)9-15(27(20)2)10-18-19(24)3-4-21(22(18)25)30-16-7-14(8-16)23(28)29/h3-6,9,14,16H,7-8,10H2,1-2H3,(H,28,29)/t14-,16+. The number of ether oxygens (including phenoxy) is 1. The molecule has 3 aromatic rings. The van der Waals surface area contributed by atoms with E-state index in [9.17, 15) is 10.1 Å². The molecule has 1 heterocycles. The highest BCUT2D eigenvalue weighted by Gasteiger charge is 2.36. The number of carboxylic acid groups (broad SMARTS) is 1. The summed E-state index contributed by atoms with van der Waals surface area (Å²) in [7, 11) is 1.96. The lowest BCUT2D eigenvalue weighted by Crippen LogP contribution is -2.38. The zero-order chi connectivity index (χ0) is 21.6. The number of aliphatic carboxylic acids is 1. The molecule has 1 fully saturated rings. The molecule has 4 rings (SSSR count). The highest BCUT2D eigenvalue weighted by molar-refractivity contribution is 6.37. The van der Waals surface area contributed by atoms with E-state index >= 15 is 0 Å². The van der Waals surface area contributed by atoms with Gasteiger partial charge in [0, 0.05) is 35.1 Å². The van der Waals surface area contributed by atoms with Gasteiger partial charge in [-0.25, -0.2) is 0 Å². The van der Waals surface area contributed by atoms with Crippen LogP contribution in [-0.4, -0.2) is 21.7 Å². The molecule has 2 aromatic carbocycles. The number of fused-ring (bicyclic) bond motifs is 1. The quantitative estimate of drug-likeness (QED) is 0.565. The Hall–Kier alpha value is -2.68. The van der Waals surface area contributed by atoms with Gasteiger partial charge in [0.25, 0.3) is 0 Å². The molecular formula is C23H20Cl2N2O3. The molecular weight excluding hydrogens is 423 g/mol. The molecule has 30 heavy (non-hydrogen) atoms. The van der Waals surface area contributed by atoms with Crippen LogP contribution in [0.3, 0.4) is 0 Å². The van der Waals surface area contributed by atoms with Gasteiger partial charge < -0.3 is 14.4 Å². The predicted molar refractivity (Wildman–Crippen MR) is 116 cm³/mol. The zero-order valence-corrected chi connectivity index (χ0v) is 18.1. The van der Waals surface area contributed by atoms with E-state index in [2.05, 4.69) is 12.1 Å². The largest absolute Gasteiger partial charge is 0.489 e. The van der Waals surface area contributed by atoms with Crippen molar-refractivity contribution < 1.29 is 14.6 Å². The topological polar surface area (TPSA) is 75.2 Å². The van der Waals surface area contributed by atoms with Gasteiger partial charge in [-0.05, 0) is 61.2 Å². The number of aromatic nitrogens is 1. The molecule has 0 saturated heterocycles. The van der Waals surface area contributed by atoms with E-state index in [4.69, 9.17) is 33.0 Å². The molecule has 0 radical (unpaired) electrons. The lowest BCUT2D eigenvalue weighted by atomic mass is 9.82. The summed E-state index contributed by atoms with van der Waals surface area (Å²) in [6.45, 7) is 1.99. The minimum absolute atomic E-state index is 0.151. The Labute approximate surface area is 184 Å². The summed E-state index contributed by atoms with van der Waals surface area (Å²) in [5, 5.41) is 20.4. The number of aryl methyl sites for hydroxylation is 2. The number of nitrogens with zero attached hydrogens (tertiary/aromatic N) is 2. The molecule has 1 aliphatic rings. The predicted octanol–water partition coefficient (Wildman–Crippen LogP) is 5.50. The Bertz CT molecular complexity index is 1200. The first-order valence-corrected chi connectivity index (χ1v) is 10.4. The van der Waals surface area contributed by atoms with Crippen molar-refractivity contribution in [3.63, 3.8) is 0 Å². The van der Waals surface area contributed by atoms with Crippen LogP contribution in [0.4, 0.5) is 0 Å². The molecule has 0 aliphatic heterocycles. The molecule has 5 nitrogen and oxygen atoms in total. The number of hydrogen-bond donors (Lipinski definition) is 1. The Balaban J connectivity index is 1.64. The van der Waals surface area contributed by atoms with Crippen molar-refractivity contribution in [3.8, 4) is 11.8 Å². The molecule has 1 aromatic heterocycles. The fourth-order valence-electron chi connectivity index (χ4n) is 3.95. The Morgan fingerprint density at radius 2 is 2.03 bits per heavy atom. The fraction of sp³-hybridized carbons (Fsp3) is 0.304. The summed E-state index contributed by atoms with van der Waals surface area (Å²) in [5.74, 6) is -0.618. The van der Waals surface area contributed by atoms with Gasteiger partial charge >= 0.3 is 5.97 Å². The second-order valence-corrected chi connectivity index (χ2v) is 8.58. The van der Waals surface area contributed by atoms with Crippen molar-refractivity contribution in [1.29, 1.82) is 5.26 Å². The molecule has 0 bridgehead atoms. The first-order chi connectivity index (χ1) is 14.3. The summed E-state index contributed by atoms with van der Waals surface area (Å²) in [5.41, 5.74) is 4.42. The minimum Gasteiger partial charge on any atom is -0.489 e. The molecule has 1 N–H and O–H groups in total. The Morgan fingerprint density at radius 3 is 2.70 bits per heavy atom. The summed E-state index contributed by atoms with van der Waals surface area (Å²) < 4.78 is 7.99. The maximum absolute atomic E-state index is 11.0. The van der Waals surface area contributed by atoms with Crippen LogP contribution in [0.1, 0.15) is 35.2 Å². The highest BCUT2D eigenvalue weighted by atomic mass is 35.5. The van der Waals surface area contributed by atoms with Crippen molar-refractivity contribution in [1.82, 2.24) is 4.57 Å². The highest BCUT2D eigenvalue weighted by Crippen LogP contribution is 2.39. The molecule has 7 heteroatoms. The van der Waals surface area contributed by atoms with Gasteiger partial charge in [-0.15, -0.1) is 0 Å². The third-order valence-corrected chi connectivity index (χ3v) is 6.61. The minimum atomic E-state index is -0.789. The number of carboxylic acids is 1. The van der Waals surface area contributed by atoms with Gasteiger partial charge in [0.2, 0.25) is 0 Å². The normalized spacial score (nSPS) is 18.1. The van der Waals surface area contributed by atoms with E-state index < -0.39 is 5.97 Å².